The third kappa shape index (κ3) is 3.53. The predicted octanol–water partition coefficient (Wildman–Crippen LogP) is 5.01. The van der Waals surface area contributed by atoms with Gasteiger partial charge in [0.25, 0.3) is 0 Å². The first-order valence-corrected chi connectivity index (χ1v) is 7.65. The van der Waals surface area contributed by atoms with Crippen LogP contribution in [0.1, 0.15) is 12.5 Å². The van der Waals surface area contributed by atoms with Crippen molar-refractivity contribution in [1.29, 1.82) is 0 Å². The number of allylic oxidation sites excluding steroid dienone is 5. The molecule has 3 heteroatoms. The molecule has 0 saturated heterocycles. The van der Waals surface area contributed by atoms with Crippen LogP contribution in [0.4, 0.5) is 0 Å². The largest absolute Gasteiger partial charge is 0.511 e. The Bertz CT molecular complexity index is 486. The highest BCUT2D eigenvalue weighted by molar-refractivity contribution is 9.10. The minimum atomic E-state index is 0.107. The van der Waals surface area contributed by atoms with Crippen LogP contribution in [0.15, 0.2) is 64.4 Å². The molecule has 0 aliphatic heterocycles. The van der Waals surface area contributed by atoms with E-state index in [0.717, 1.165) is 15.8 Å². The van der Waals surface area contributed by atoms with Crippen LogP contribution < -0.4 is 0 Å². The van der Waals surface area contributed by atoms with Crippen molar-refractivity contribution >= 4 is 27.7 Å². The lowest BCUT2D eigenvalue weighted by Crippen LogP contribution is -2.03. The van der Waals surface area contributed by atoms with Crippen LogP contribution in [0.5, 0.6) is 0 Å². The van der Waals surface area contributed by atoms with Gasteiger partial charge in [-0.3, -0.25) is 0 Å². The average molecular weight is 323 g/mol. The Balaban J connectivity index is 1.94. The monoisotopic (exact) mass is 322 g/mol. The molecule has 0 saturated carbocycles. The van der Waals surface area contributed by atoms with E-state index < -0.39 is 0 Å². The van der Waals surface area contributed by atoms with Gasteiger partial charge < -0.3 is 5.11 Å². The summed E-state index contributed by atoms with van der Waals surface area (Å²) in [5.74, 6) is 1.36. The summed E-state index contributed by atoms with van der Waals surface area (Å²) in [4.78, 5) is 0. The molecule has 94 valence electrons. The minimum Gasteiger partial charge on any atom is -0.511 e. The molecule has 1 aliphatic carbocycles. The molecule has 1 unspecified atom stereocenters. The second-order valence-electron chi connectivity index (χ2n) is 4.14. The summed E-state index contributed by atoms with van der Waals surface area (Å²) >= 11 is 5.16. The summed E-state index contributed by atoms with van der Waals surface area (Å²) in [6.45, 7) is 2.03. The van der Waals surface area contributed by atoms with Crippen molar-refractivity contribution in [3.63, 3.8) is 0 Å². The van der Waals surface area contributed by atoms with Gasteiger partial charge in [-0.1, -0.05) is 52.4 Å². The summed E-state index contributed by atoms with van der Waals surface area (Å²) in [6.07, 6.45) is 7.76. The Hall–Kier alpha value is -0.930. The lowest BCUT2D eigenvalue weighted by molar-refractivity contribution is 0.395. The van der Waals surface area contributed by atoms with Crippen molar-refractivity contribution in [3.8, 4) is 0 Å². The van der Waals surface area contributed by atoms with Crippen molar-refractivity contribution in [2.45, 2.75) is 17.9 Å². The third-order valence-electron chi connectivity index (χ3n) is 2.76. The van der Waals surface area contributed by atoms with E-state index in [0.29, 0.717) is 5.76 Å². The Morgan fingerprint density at radius 3 is 2.44 bits per heavy atom. The normalized spacial score (nSPS) is 15.1. The molecule has 18 heavy (non-hydrogen) atoms. The van der Waals surface area contributed by atoms with Crippen molar-refractivity contribution in [2.75, 3.05) is 0 Å². The third-order valence-corrected chi connectivity index (χ3v) is 4.51. The summed E-state index contributed by atoms with van der Waals surface area (Å²) in [5, 5.41) is 10.2. The number of rotatable bonds is 4. The molecule has 0 radical (unpaired) electrons. The Morgan fingerprint density at radius 2 is 1.83 bits per heavy atom. The van der Waals surface area contributed by atoms with E-state index in [1.54, 1.807) is 11.8 Å². The Kier molecular flexibility index (Phi) is 4.72. The lowest BCUT2D eigenvalue weighted by atomic mass is 10.2. The number of aliphatic hydroxyl groups excluding tert-OH is 1. The first kappa shape index (κ1) is 13.5. The molecule has 0 bridgehead atoms. The van der Waals surface area contributed by atoms with E-state index in [9.17, 15) is 5.11 Å². The molecule has 1 atom stereocenters. The fourth-order valence-electron chi connectivity index (χ4n) is 1.66. The molecular formula is C15H15BrOS. The van der Waals surface area contributed by atoms with Gasteiger partial charge in [0.1, 0.15) is 5.76 Å². The van der Waals surface area contributed by atoms with Crippen LogP contribution in [0.25, 0.3) is 0 Å². The maximum atomic E-state index is 10.1. The highest BCUT2D eigenvalue weighted by atomic mass is 79.9. The van der Waals surface area contributed by atoms with E-state index in [4.69, 9.17) is 0 Å². The van der Waals surface area contributed by atoms with Crippen LogP contribution >= 0.6 is 27.7 Å². The zero-order valence-electron chi connectivity index (χ0n) is 10.1. The summed E-state index contributed by atoms with van der Waals surface area (Å²) in [5.41, 5.74) is 2.19. The van der Waals surface area contributed by atoms with Gasteiger partial charge in [-0.05, 0) is 24.6 Å². The maximum absolute atomic E-state index is 10.1. The minimum absolute atomic E-state index is 0.107. The van der Waals surface area contributed by atoms with Gasteiger partial charge in [0, 0.05) is 15.8 Å². The fourth-order valence-corrected chi connectivity index (χ4v) is 2.85. The zero-order valence-corrected chi connectivity index (χ0v) is 12.5. The molecule has 0 aromatic heterocycles. The molecule has 1 aromatic carbocycles. The molecule has 1 N–H and O–H groups in total. The summed E-state index contributed by atoms with van der Waals surface area (Å²) < 4.78 is 1.09. The molecule has 0 spiro atoms. The standard InChI is InChI=1S/C15H15BrOS/c1-11(15(17)13-4-2-3-5-13)18-10-12-6-8-14(16)9-7-12/h2-9,11,17H,10H2,1H3. The van der Waals surface area contributed by atoms with E-state index >= 15 is 0 Å². The molecule has 1 aromatic rings. The van der Waals surface area contributed by atoms with Crippen LogP contribution in [-0.4, -0.2) is 10.4 Å². The molecular weight excluding hydrogens is 308 g/mol. The lowest BCUT2D eigenvalue weighted by Gasteiger charge is -2.12. The molecule has 1 nitrogen and oxygen atoms in total. The fraction of sp³-hybridized carbons (Fsp3) is 0.200. The Labute approximate surface area is 120 Å². The molecule has 1 aliphatic rings. The van der Waals surface area contributed by atoms with Crippen molar-refractivity contribution in [2.24, 2.45) is 0 Å². The van der Waals surface area contributed by atoms with Gasteiger partial charge in [0.2, 0.25) is 0 Å². The van der Waals surface area contributed by atoms with Gasteiger partial charge in [0.15, 0.2) is 0 Å². The first-order valence-electron chi connectivity index (χ1n) is 5.81. The highest BCUT2D eigenvalue weighted by Gasteiger charge is 2.12. The zero-order chi connectivity index (χ0) is 13.0. The van der Waals surface area contributed by atoms with Crippen LogP contribution in [-0.2, 0) is 5.75 Å². The Morgan fingerprint density at radius 1 is 1.22 bits per heavy atom. The molecule has 2 rings (SSSR count). The van der Waals surface area contributed by atoms with E-state index in [-0.39, 0.29) is 5.25 Å². The van der Waals surface area contributed by atoms with Gasteiger partial charge >= 0.3 is 0 Å². The number of thioether (sulfide) groups is 1. The second kappa shape index (κ2) is 6.30. The number of hydrogen-bond acceptors (Lipinski definition) is 2. The number of halogens is 1. The van der Waals surface area contributed by atoms with Gasteiger partial charge in [-0.25, -0.2) is 0 Å². The highest BCUT2D eigenvalue weighted by Crippen LogP contribution is 2.26. The SMILES string of the molecule is CC(SCc1ccc(Br)cc1)C(O)=C1C=CC=C1. The second-order valence-corrected chi connectivity index (χ2v) is 6.38. The van der Waals surface area contributed by atoms with Crippen LogP contribution in [0.2, 0.25) is 0 Å². The maximum Gasteiger partial charge on any atom is 0.112 e. The predicted molar refractivity (Wildman–Crippen MR) is 82.8 cm³/mol. The summed E-state index contributed by atoms with van der Waals surface area (Å²) in [6, 6.07) is 8.29. The van der Waals surface area contributed by atoms with Crippen LogP contribution in [0.3, 0.4) is 0 Å². The van der Waals surface area contributed by atoms with Crippen LogP contribution in [0, 0.1) is 0 Å². The van der Waals surface area contributed by atoms with E-state index in [1.807, 2.05) is 43.4 Å². The van der Waals surface area contributed by atoms with Crippen molar-refractivity contribution in [3.05, 3.63) is 69.9 Å². The smallest absolute Gasteiger partial charge is 0.112 e. The number of hydrogen-bond donors (Lipinski definition) is 1. The molecule has 0 heterocycles. The van der Waals surface area contributed by atoms with Gasteiger partial charge in [0.05, 0.1) is 5.25 Å². The average Bonchev–Trinajstić information content (AvgIpc) is 2.90. The molecule has 0 amide bonds. The quantitative estimate of drug-likeness (QED) is 0.786. The van der Waals surface area contributed by atoms with Gasteiger partial charge in [-0.15, -0.1) is 11.8 Å². The number of aliphatic hydroxyl groups is 1. The van der Waals surface area contributed by atoms with Crippen molar-refractivity contribution < 1.29 is 5.11 Å². The van der Waals surface area contributed by atoms with E-state index in [1.165, 1.54) is 5.56 Å². The molecule has 0 fully saturated rings. The topological polar surface area (TPSA) is 20.2 Å². The van der Waals surface area contributed by atoms with Gasteiger partial charge in [-0.2, -0.15) is 0 Å². The number of benzene rings is 1. The van der Waals surface area contributed by atoms with Crippen molar-refractivity contribution in [1.82, 2.24) is 0 Å². The summed E-state index contributed by atoms with van der Waals surface area (Å²) in [7, 11) is 0. The first-order chi connectivity index (χ1) is 8.66. The van der Waals surface area contributed by atoms with E-state index in [2.05, 4.69) is 28.1 Å².